The van der Waals surface area contributed by atoms with Gasteiger partial charge in [0.2, 0.25) is 0 Å². The van der Waals surface area contributed by atoms with Crippen molar-refractivity contribution in [3.63, 3.8) is 0 Å². The number of nitrogens with zero attached hydrogens (tertiary/aromatic N) is 2. The predicted octanol–water partition coefficient (Wildman–Crippen LogP) is 18.3. The molecule has 1 aromatic heterocycles. The number of benzene rings is 11. The van der Waals surface area contributed by atoms with E-state index >= 15 is 0 Å². The molecule has 0 saturated heterocycles. The van der Waals surface area contributed by atoms with Gasteiger partial charge in [-0.3, -0.25) is 0 Å². The summed E-state index contributed by atoms with van der Waals surface area (Å²) in [4.78, 5) is 4.91. The van der Waals surface area contributed by atoms with Crippen molar-refractivity contribution < 1.29 is 4.42 Å². The Hall–Kier alpha value is -8.92. The van der Waals surface area contributed by atoms with Crippen LogP contribution in [0.5, 0.6) is 0 Å². The average molecular weight is 857 g/mol. The highest BCUT2D eigenvalue weighted by atomic mass is 16.3. The Kier molecular flexibility index (Phi) is 10.2. The lowest BCUT2D eigenvalue weighted by atomic mass is 9.95. The molecule has 12 rings (SSSR count). The van der Waals surface area contributed by atoms with Crippen LogP contribution in [0.15, 0.2) is 271 Å². The summed E-state index contributed by atoms with van der Waals surface area (Å²) < 4.78 is 7.38. The molecule has 0 fully saturated rings. The molecule has 12 aromatic rings. The lowest BCUT2D eigenvalue weighted by Gasteiger charge is -2.33. The second kappa shape index (κ2) is 17.2. The van der Waals surface area contributed by atoms with Crippen LogP contribution >= 0.6 is 0 Å². The number of hydrogen-bond donors (Lipinski definition) is 0. The Labute approximate surface area is 390 Å². The van der Waals surface area contributed by atoms with Crippen LogP contribution in [0, 0.1) is 0 Å². The maximum Gasteiger partial charge on any atom is 0.162 e. The van der Waals surface area contributed by atoms with Gasteiger partial charge in [-0.2, -0.15) is 0 Å². The van der Waals surface area contributed by atoms with Crippen LogP contribution in [-0.2, 0) is 0 Å². The largest absolute Gasteiger partial charge is 0.454 e. The van der Waals surface area contributed by atoms with Gasteiger partial charge in [-0.05, 0) is 75.8 Å². The molecule has 0 aliphatic carbocycles. The minimum Gasteiger partial charge on any atom is -0.454 e. The molecule has 0 radical (unpaired) electrons. The minimum atomic E-state index is 0.796. The third-order valence-electron chi connectivity index (χ3n) is 12.8. The van der Waals surface area contributed by atoms with Gasteiger partial charge in [-0.25, -0.2) is 0 Å². The van der Waals surface area contributed by atoms with Crippen molar-refractivity contribution in [3.05, 3.63) is 267 Å². The number of rotatable bonds is 10. The van der Waals surface area contributed by atoms with E-state index < -0.39 is 0 Å². The molecule has 0 N–H and O–H groups in total. The van der Waals surface area contributed by atoms with E-state index in [0.717, 1.165) is 111 Å². The molecule has 3 nitrogen and oxygen atoms in total. The van der Waals surface area contributed by atoms with Crippen molar-refractivity contribution in [2.24, 2.45) is 0 Å². The Balaban J connectivity index is 1.23. The fourth-order valence-corrected chi connectivity index (χ4v) is 9.80. The van der Waals surface area contributed by atoms with Crippen LogP contribution < -0.4 is 9.80 Å². The van der Waals surface area contributed by atoms with Crippen molar-refractivity contribution in [2.75, 3.05) is 9.80 Å². The van der Waals surface area contributed by atoms with Gasteiger partial charge in [0.05, 0.1) is 28.1 Å². The number of fused-ring (bicyclic) bond motifs is 4. The predicted molar refractivity (Wildman–Crippen MR) is 282 cm³/mol. The van der Waals surface area contributed by atoms with Gasteiger partial charge < -0.3 is 14.2 Å². The first-order valence-electron chi connectivity index (χ1n) is 22.8. The Morgan fingerprint density at radius 2 is 0.642 bits per heavy atom. The van der Waals surface area contributed by atoms with Crippen molar-refractivity contribution >= 4 is 66.8 Å². The van der Waals surface area contributed by atoms with E-state index in [0.29, 0.717) is 0 Å². The zero-order chi connectivity index (χ0) is 44.5. The van der Waals surface area contributed by atoms with Crippen molar-refractivity contribution in [1.29, 1.82) is 0 Å². The van der Waals surface area contributed by atoms with E-state index in [-0.39, 0.29) is 0 Å². The van der Waals surface area contributed by atoms with Crippen LogP contribution in [0.3, 0.4) is 0 Å². The van der Waals surface area contributed by atoms with E-state index in [1.54, 1.807) is 0 Å². The molecule has 0 amide bonds. The summed E-state index contributed by atoms with van der Waals surface area (Å²) in [5.41, 5.74) is 16.9. The lowest BCUT2D eigenvalue weighted by Crippen LogP contribution is -2.15. The number of anilines is 6. The minimum absolute atomic E-state index is 0.796. The van der Waals surface area contributed by atoms with Crippen LogP contribution in [0.1, 0.15) is 0 Å². The Bertz CT molecular complexity index is 3690. The zero-order valence-corrected chi connectivity index (χ0v) is 36.7. The van der Waals surface area contributed by atoms with Gasteiger partial charge >= 0.3 is 0 Å². The third-order valence-corrected chi connectivity index (χ3v) is 12.8. The fourth-order valence-electron chi connectivity index (χ4n) is 9.80. The summed E-state index contributed by atoms with van der Waals surface area (Å²) in [7, 11) is 0. The molecule has 0 saturated carbocycles. The van der Waals surface area contributed by atoms with Crippen molar-refractivity contribution in [1.82, 2.24) is 0 Å². The molecular formula is C64H44N2O. The maximum atomic E-state index is 7.38. The van der Waals surface area contributed by atoms with Crippen LogP contribution in [0.25, 0.3) is 77.2 Å². The molecule has 67 heavy (non-hydrogen) atoms. The smallest absolute Gasteiger partial charge is 0.162 e. The Morgan fingerprint density at radius 1 is 0.269 bits per heavy atom. The molecule has 11 aromatic carbocycles. The van der Waals surface area contributed by atoms with Crippen LogP contribution in [0.2, 0.25) is 0 Å². The molecule has 0 aliphatic heterocycles. The van der Waals surface area contributed by atoms with Gasteiger partial charge in [0.15, 0.2) is 5.58 Å². The van der Waals surface area contributed by atoms with Crippen LogP contribution in [0.4, 0.5) is 34.1 Å². The van der Waals surface area contributed by atoms with Crippen molar-refractivity contribution in [2.45, 2.75) is 0 Å². The molecule has 0 aliphatic rings. The van der Waals surface area contributed by atoms with E-state index in [4.69, 9.17) is 4.42 Å². The number of para-hydroxylation sites is 3. The molecule has 0 atom stereocenters. The van der Waals surface area contributed by atoms with E-state index in [9.17, 15) is 0 Å². The average Bonchev–Trinajstić information content (AvgIpc) is 3.80. The highest BCUT2D eigenvalue weighted by molar-refractivity contribution is 6.28. The number of furan rings is 1. The monoisotopic (exact) mass is 856 g/mol. The topological polar surface area (TPSA) is 19.6 Å². The highest BCUT2D eigenvalue weighted by Crippen LogP contribution is 2.55. The first-order chi connectivity index (χ1) is 33.3. The molecular weight excluding hydrogens is 813 g/mol. The van der Waals surface area contributed by atoms with Gasteiger partial charge in [0.25, 0.3) is 0 Å². The first-order valence-corrected chi connectivity index (χ1v) is 22.8. The fraction of sp³-hybridized carbons (Fsp3) is 0. The molecule has 0 bridgehead atoms. The Morgan fingerprint density at radius 3 is 1.15 bits per heavy atom. The van der Waals surface area contributed by atoms with Gasteiger partial charge in [0, 0.05) is 38.7 Å². The summed E-state index contributed by atoms with van der Waals surface area (Å²) in [6.45, 7) is 0. The number of hydrogen-bond acceptors (Lipinski definition) is 3. The highest BCUT2D eigenvalue weighted by Gasteiger charge is 2.31. The summed E-state index contributed by atoms with van der Waals surface area (Å²) in [5.74, 6) is 0. The molecule has 1 heterocycles. The standard InChI is InChI=1S/C64H44N2O/c1-5-23-45(24-6-1)49-31-21-33-51(43-49)65(58-40-18-15-35-53(58)47-27-9-3-10-28-47)62-55-37-13-14-38-56(55)63(64-61(62)57-39-17-20-42-60(57)67-64)66(52-34-22-32-50(44-52)46-25-7-2-8-26-46)59-41-19-16-36-54(59)48-29-11-4-12-30-48/h1-44H. The van der Waals surface area contributed by atoms with Gasteiger partial charge in [-0.1, -0.05) is 224 Å². The van der Waals surface area contributed by atoms with Gasteiger partial charge in [-0.15, -0.1) is 0 Å². The quantitative estimate of drug-likeness (QED) is 0.128. The molecule has 0 unspecified atom stereocenters. The normalized spacial score (nSPS) is 11.3. The summed E-state index contributed by atoms with van der Waals surface area (Å²) in [5, 5.41) is 4.21. The maximum absolute atomic E-state index is 7.38. The van der Waals surface area contributed by atoms with E-state index in [2.05, 4.69) is 277 Å². The summed E-state index contributed by atoms with van der Waals surface area (Å²) in [6, 6.07) is 95.5. The summed E-state index contributed by atoms with van der Waals surface area (Å²) in [6.07, 6.45) is 0. The molecule has 3 heteroatoms. The zero-order valence-electron chi connectivity index (χ0n) is 36.7. The summed E-state index contributed by atoms with van der Waals surface area (Å²) >= 11 is 0. The van der Waals surface area contributed by atoms with E-state index in [1.807, 2.05) is 0 Å². The van der Waals surface area contributed by atoms with E-state index in [1.165, 1.54) is 0 Å². The molecule has 0 spiro atoms. The van der Waals surface area contributed by atoms with Crippen LogP contribution in [-0.4, -0.2) is 0 Å². The second-order valence-electron chi connectivity index (χ2n) is 16.8. The van der Waals surface area contributed by atoms with Crippen molar-refractivity contribution in [3.8, 4) is 44.5 Å². The first kappa shape index (κ1) is 39.7. The van der Waals surface area contributed by atoms with Gasteiger partial charge in [0.1, 0.15) is 5.58 Å². The molecule has 316 valence electrons. The second-order valence-corrected chi connectivity index (χ2v) is 16.8. The third kappa shape index (κ3) is 7.20. The lowest BCUT2D eigenvalue weighted by molar-refractivity contribution is 0.669. The SMILES string of the molecule is c1ccc(-c2cccc(N(c3ccccc3-c3ccccc3)c3c4ccccc4c(N(c4cccc(-c5ccccc5)c4)c4ccccc4-c4ccccc4)c4c3oc3ccccc34)c2)cc1.